The number of rotatable bonds is 3. The van der Waals surface area contributed by atoms with Crippen molar-refractivity contribution in [1.29, 1.82) is 0 Å². The Balaban J connectivity index is 0.00000324. The van der Waals surface area contributed by atoms with Crippen LogP contribution in [0.25, 0.3) is 0 Å². The SMILES string of the molecule is CN(C)C(=NCc1cccc([N+](=O)[O-])c1)N(C)C.I. The number of nitro groups is 1. The summed E-state index contributed by atoms with van der Waals surface area (Å²) in [4.78, 5) is 18.5. The Labute approximate surface area is 130 Å². The van der Waals surface area contributed by atoms with Gasteiger partial charge in [-0.15, -0.1) is 24.0 Å². The topological polar surface area (TPSA) is 62.0 Å². The molecule has 0 bridgehead atoms. The molecule has 0 saturated carbocycles. The van der Waals surface area contributed by atoms with Gasteiger partial charge in [0.1, 0.15) is 0 Å². The quantitative estimate of drug-likeness (QED) is 0.266. The van der Waals surface area contributed by atoms with Gasteiger partial charge in [0, 0.05) is 40.3 Å². The van der Waals surface area contributed by atoms with Gasteiger partial charge in [-0.3, -0.25) is 10.1 Å². The molecule has 0 heterocycles. The molecule has 0 unspecified atom stereocenters. The van der Waals surface area contributed by atoms with Crippen LogP contribution in [0.1, 0.15) is 5.56 Å². The molecule has 1 rings (SSSR count). The van der Waals surface area contributed by atoms with E-state index >= 15 is 0 Å². The van der Waals surface area contributed by atoms with Crippen molar-refractivity contribution < 1.29 is 4.92 Å². The number of aliphatic imine (C=N–C) groups is 1. The van der Waals surface area contributed by atoms with Gasteiger partial charge in [-0.1, -0.05) is 12.1 Å². The minimum absolute atomic E-state index is 0. The highest BCUT2D eigenvalue weighted by Gasteiger charge is 2.07. The van der Waals surface area contributed by atoms with Crippen molar-refractivity contribution in [2.75, 3.05) is 28.2 Å². The molecule has 0 aliphatic heterocycles. The van der Waals surface area contributed by atoms with Crippen molar-refractivity contribution >= 4 is 35.6 Å². The number of nitro benzene ring substituents is 1. The molecule has 0 aliphatic rings. The van der Waals surface area contributed by atoms with Crippen LogP contribution in [-0.2, 0) is 6.54 Å². The normalized spacial score (nSPS) is 9.26. The summed E-state index contributed by atoms with van der Waals surface area (Å²) in [6, 6.07) is 6.53. The molecule has 0 atom stereocenters. The Morgan fingerprint density at radius 2 is 1.84 bits per heavy atom. The van der Waals surface area contributed by atoms with Crippen LogP contribution in [0.3, 0.4) is 0 Å². The summed E-state index contributed by atoms with van der Waals surface area (Å²) in [5, 5.41) is 10.7. The highest BCUT2D eigenvalue weighted by atomic mass is 127. The average molecular weight is 378 g/mol. The molecule has 0 amide bonds. The summed E-state index contributed by atoms with van der Waals surface area (Å²) in [6.07, 6.45) is 0. The largest absolute Gasteiger partial charge is 0.349 e. The van der Waals surface area contributed by atoms with Gasteiger partial charge in [-0.25, -0.2) is 4.99 Å². The van der Waals surface area contributed by atoms with Gasteiger partial charge in [0.05, 0.1) is 11.5 Å². The van der Waals surface area contributed by atoms with Gasteiger partial charge < -0.3 is 9.80 Å². The van der Waals surface area contributed by atoms with E-state index in [0.717, 1.165) is 11.5 Å². The molecule has 19 heavy (non-hydrogen) atoms. The molecule has 6 nitrogen and oxygen atoms in total. The lowest BCUT2D eigenvalue weighted by Gasteiger charge is -2.22. The van der Waals surface area contributed by atoms with Crippen molar-refractivity contribution in [2.24, 2.45) is 4.99 Å². The second-order valence-electron chi connectivity index (χ2n) is 4.33. The van der Waals surface area contributed by atoms with E-state index in [2.05, 4.69) is 4.99 Å². The fraction of sp³-hybridized carbons (Fsp3) is 0.417. The number of hydrogen-bond donors (Lipinski definition) is 0. The third kappa shape index (κ3) is 5.41. The summed E-state index contributed by atoms with van der Waals surface area (Å²) in [6.45, 7) is 0.424. The van der Waals surface area contributed by atoms with Crippen LogP contribution in [0.5, 0.6) is 0 Å². The lowest BCUT2D eigenvalue weighted by molar-refractivity contribution is -0.384. The number of benzene rings is 1. The summed E-state index contributed by atoms with van der Waals surface area (Å²) >= 11 is 0. The predicted molar refractivity (Wildman–Crippen MR) is 87.0 cm³/mol. The van der Waals surface area contributed by atoms with E-state index in [4.69, 9.17) is 0 Å². The molecule has 7 heteroatoms. The zero-order valence-corrected chi connectivity index (χ0v) is 13.9. The standard InChI is InChI=1S/C12H18N4O2.HI/c1-14(2)12(15(3)4)13-9-10-6-5-7-11(8-10)16(17)18;/h5-8H,9H2,1-4H3;1H. The van der Waals surface area contributed by atoms with E-state index in [9.17, 15) is 10.1 Å². The second kappa shape index (κ2) is 7.93. The Morgan fingerprint density at radius 1 is 1.26 bits per heavy atom. The summed E-state index contributed by atoms with van der Waals surface area (Å²) in [5.74, 6) is 0.821. The van der Waals surface area contributed by atoms with Crippen LogP contribution in [0, 0.1) is 10.1 Å². The van der Waals surface area contributed by atoms with E-state index < -0.39 is 4.92 Å². The first kappa shape index (κ1) is 17.6. The van der Waals surface area contributed by atoms with Crippen LogP contribution in [-0.4, -0.2) is 48.9 Å². The molecule has 0 aromatic heterocycles. The number of halogens is 1. The fourth-order valence-electron chi connectivity index (χ4n) is 1.61. The molecule has 0 saturated heterocycles. The van der Waals surface area contributed by atoms with Crippen LogP contribution in [0.15, 0.2) is 29.3 Å². The minimum Gasteiger partial charge on any atom is -0.349 e. The maximum atomic E-state index is 10.7. The summed E-state index contributed by atoms with van der Waals surface area (Å²) in [5.41, 5.74) is 0.921. The Morgan fingerprint density at radius 3 is 2.32 bits per heavy atom. The molecule has 106 valence electrons. The van der Waals surface area contributed by atoms with Gasteiger partial charge in [-0.2, -0.15) is 0 Å². The van der Waals surface area contributed by atoms with E-state index in [1.807, 2.05) is 44.1 Å². The predicted octanol–water partition coefficient (Wildman–Crippen LogP) is 2.19. The number of nitrogens with zero attached hydrogens (tertiary/aromatic N) is 4. The van der Waals surface area contributed by atoms with Gasteiger partial charge in [0.15, 0.2) is 5.96 Å². The van der Waals surface area contributed by atoms with Crippen molar-refractivity contribution in [1.82, 2.24) is 9.80 Å². The fourth-order valence-corrected chi connectivity index (χ4v) is 1.61. The number of guanidine groups is 1. The van der Waals surface area contributed by atoms with Crippen LogP contribution in [0.4, 0.5) is 5.69 Å². The van der Waals surface area contributed by atoms with Crippen LogP contribution in [0.2, 0.25) is 0 Å². The van der Waals surface area contributed by atoms with Gasteiger partial charge in [0.25, 0.3) is 5.69 Å². The Kier molecular flexibility index (Phi) is 7.35. The molecule has 0 spiro atoms. The van der Waals surface area contributed by atoms with Crippen molar-refractivity contribution in [3.63, 3.8) is 0 Å². The third-order valence-corrected chi connectivity index (χ3v) is 2.32. The van der Waals surface area contributed by atoms with Gasteiger partial charge >= 0.3 is 0 Å². The molecular formula is C12H19IN4O2. The first-order valence-corrected chi connectivity index (χ1v) is 5.54. The first-order valence-electron chi connectivity index (χ1n) is 5.54. The first-order chi connectivity index (χ1) is 8.41. The molecule has 1 aromatic carbocycles. The van der Waals surface area contributed by atoms with E-state index in [0.29, 0.717) is 6.54 Å². The highest BCUT2D eigenvalue weighted by molar-refractivity contribution is 14.0. The van der Waals surface area contributed by atoms with Crippen molar-refractivity contribution in [3.8, 4) is 0 Å². The van der Waals surface area contributed by atoms with E-state index in [-0.39, 0.29) is 29.7 Å². The van der Waals surface area contributed by atoms with Crippen molar-refractivity contribution in [2.45, 2.75) is 6.54 Å². The molecule has 1 aromatic rings. The zero-order chi connectivity index (χ0) is 13.7. The zero-order valence-electron chi connectivity index (χ0n) is 11.5. The lowest BCUT2D eigenvalue weighted by Crippen LogP contribution is -2.35. The number of non-ortho nitro benzene ring substituents is 1. The van der Waals surface area contributed by atoms with Crippen molar-refractivity contribution in [3.05, 3.63) is 39.9 Å². The maximum absolute atomic E-state index is 10.7. The second-order valence-corrected chi connectivity index (χ2v) is 4.33. The lowest BCUT2D eigenvalue weighted by atomic mass is 10.2. The Hall–Kier alpha value is -1.38. The molecular weight excluding hydrogens is 359 g/mol. The molecule has 0 fully saturated rings. The van der Waals surface area contributed by atoms with Crippen LogP contribution < -0.4 is 0 Å². The number of hydrogen-bond acceptors (Lipinski definition) is 3. The molecule has 0 radical (unpaired) electrons. The van der Waals surface area contributed by atoms with Gasteiger partial charge in [0.2, 0.25) is 0 Å². The highest BCUT2D eigenvalue weighted by Crippen LogP contribution is 2.13. The van der Waals surface area contributed by atoms with E-state index in [1.165, 1.54) is 6.07 Å². The summed E-state index contributed by atoms with van der Waals surface area (Å²) in [7, 11) is 7.64. The average Bonchev–Trinajstić information content (AvgIpc) is 2.28. The van der Waals surface area contributed by atoms with Crippen LogP contribution >= 0.6 is 24.0 Å². The monoisotopic (exact) mass is 378 g/mol. The molecule has 0 N–H and O–H groups in total. The third-order valence-electron chi connectivity index (χ3n) is 2.32. The summed E-state index contributed by atoms with van der Waals surface area (Å²) < 4.78 is 0. The van der Waals surface area contributed by atoms with E-state index in [1.54, 1.807) is 12.1 Å². The molecule has 0 aliphatic carbocycles. The maximum Gasteiger partial charge on any atom is 0.269 e. The smallest absolute Gasteiger partial charge is 0.269 e. The van der Waals surface area contributed by atoms with Gasteiger partial charge in [-0.05, 0) is 5.56 Å². The Bertz CT molecular complexity index is 451. The minimum atomic E-state index is -0.397.